The molecule has 1 heteroatoms. The molecule has 0 nitrogen and oxygen atoms in total. The average Bonchev–Trinajstić information content (AvgIpc) is 2.80. The molecule has 4 rings (SSSR count). The van der Waals surface area contributed by atoms with Crippen LogP contribution in [0, 0.1) is 24.6 Å². The molecule has 0 aliphatic rings. The Bertz CT molecular complexity index is 1280. The Morgan fingerprint density at radius 3 is 2.13 bits per heavy atom. The van der Waals surface area contributed by atoms with Gasteiger partial charge in [0, 0.05) is 16.5 Å². The van der Waals surface area contributed by atoms with Crippen LogP contribution in [0.1, 0.15) is 35.6 Å². The standard InChI is InChI=1S/C30H25F/c1-3-4-5-6-27-18-19-28-21-24(13-20-29(28)30(27)31)10-9-23-11-16-26(17-12-23)25-14-7-22(2)8-15-25/h3-4,7-8,11-21H,5-6H2,1-2H3/b4-3+. The van der Waals surface area contributed by atoms with Crippen molar-refractivity contribution in [2.45, 2.75) is 26.7 Å². The van der Waals surface area contributed by atoms with Crippen molar-refractivity contribution in [3.63, 3.8) is 0 Å². The van der Waals surface area contributed by atoms with Gasteiger partial charge in [-0.05, 0) is 73.0 Å². The molecule has 4 aromatic rings. The molecule has 0 spiro atoms. The van der Waals surface area contributed by atoms with Gasteiger partial charge in [-0.2, -0.15) is 0 Å². The molecule has 0 unspecified atom stereocenters. The maximum atomic E-state index is 14.8. The second kappa shape index (κ2) is 9.45. The molecule has 4 aromatic carbocycles. The highest BCUT2D eigenvalue weighted by Gasteiger charge is 2.07. The lowest BCUT2D eigenvalue weighted by Crippen LogP contribution is -1.92. The molecule has 0 radical (unpaired) electrons. The van der Waals surface area contributed by atoms with E-state index in [0.29, 0.717) is 11.8 Å². The molecule has 31 heavy (non-hydrogen) atoms. The molecule has 0 N–H and O–H groups in total. The molecule has 0 bridgehead atoms. The number of allylic oxidation sites excluding steroid dienone is 2. The van der Waals surface area contributed by atoms with Crippen molar-refractivity contribution >= 4 is 10.8 Å². The third-order valence-corrected chi connectivity index (χ3v) is 5.47. The molecule has 0 aromatic heterocycles. The third kappa shape index (κ3) is 4.93. The fourth-order valence-electron chi connectivity index (χ4n) is 3.65. The quantitative estimate of drug-likeness (QED) is 0.240. The van der Waals surface area contributed by atoms with Crippen molar-refractivity contribution in [1.82, 2.24) is 0 Å². The van der Waals surface area contributed by atoms with E-state index in [-0.39, 0.29) is 5.82 Å². The molecule has 0 saturated heterocycles. The van der Waals surface area contributed by atoms with Gasteiger partial charge in [0.2, 0.25) is 0 Å². The highest BCUT2D eigenvalue weighted by atomic mass is 19.1. The van der Waals surface area contributed by atoms with E-state index < -0.39 is 0 Å². The van der Waals surface area contributed by atoms with E-state index in [1.54, 1.807) is 0 Å². The Morgan fingerprint density at radius 2 is 1.42 bits per heavy atom. The predicted octanol–water partition coefficient (Wildman–Crippen LogP) is 7.86. The first kappa shape index (κ1) is 20.6. The molecular formula is C30H25F. The predicted molar refractivity (Wildman–Crippen MR) is 130 cm³/mol. The lowest BCUT2D eigenvalue weighted by atomic mass is 10.0. The monoisotopic (exact) mass is 404 g/mol. The summed E-state index contributed by atoms with van der Waals surface area (Å²) in [7, 11) is 0. The summed E-state index contributed by atoms with van der Waals surface area (Å²) in [6, 6.07) is 26.4. The van der Waals surface area contributed by atoms with E-state index in [0.717, 1.165) is 28.5 Å². The SMILES string of the molecule is C/C=C/CCc1ccc2cc(C#Cc3ccc(-c4ccc(C)cc4)cc3)ccc2c1F. The molecule has 0 fully saturated rings. The molecule has 0 amide bonds. The fourth-order valence-corrected chi connectivity index (χ4v) is 3.65. The lowest BCUT2D eigenvalue weighted by Gasteiger charge is -2.06. The van der Waals surface area contributed by atoms with Crippen LogP contribution < -0.4 is 0 Å². The Labute approximate surface area is 184 Å². The van der Waals surface area contributed by atoms with Crippen molar-refractivity contribution in [1.29, 1.82) is 0 Å². The maximum absolute atomic E-state index is 14.8. The summed E-state index contributed by atoms with van der Waals surface area (Å²) in [5.74, 6) is 6.32. The fraction of sp³-hybridized carbons (Fsp3) is 0.133. The normalized spacial score (nSPS) is 10.9. The van der Waals surface area contributed by atoms with Crippen LogP contribution in [0.4, 0.5) is 4.39 Å². The Balaban J connectivity index is 1.54. The van der Waals surface area contributed by atoms with Crippen LogP contribution in [0.3, 0.4) is 0 Å². The van der Waals surface area contributed by atoms with Crippen LogP contribution >= 0.6 is 0 Å². The average molecular weight is 405 g/mol. The number of fused-ring (bicyclic) bond motifs is 1. The summed E-state index contributed by atoms with van der Waals surface area (Å²) < 4.78 is 14.8. The highest BCUT2D eigenvalue weighted by Crippen LogP contribution is 2.24. The van der Waals surface area contributed by atoms with E-state index in [2.05, 4.69) is 61.2 Å². The van der Waals surface area contributed by atoms with E-state index in [9.17, 15) is 4.39 Å². The Morgan fingerprint density at radius 1 is 0.774 bits per heavy atom. The zero-order chi connectivity index (χ0) is 21.6. The van der Waals surface area contributed by atoms with Crippen LogP contribution in [0.2, 0.25) is 0 Å². The number of hydrogen-bond donors (Lipinski definition) is 0. The lowest BCUT2D eigenvalue weighted by molar-refractivity contribution is 0.621. The summed E-state index contributed by atoms with van der Waals surface area (Å²) in [6.07, 6.45) is 5.63. The molecule has 152 valence electrons. The first-order chi connectivity index (χ1) is 15.1. The maximum Gasteiger partial charge on any atom is 0.134 e. The van der Waals surface area contributed by atoms with Gasteiger partial charge in [0.25, 0.3) is 0 Å². The second-order valence-electron chi connectivity index (χ2n) is 7.78. The topological polar surface area (TPSA) is 0 Å². The van der Waals surface area contributed by atoms with Gasteiger partial charge >= 0.3 is 0 Å². The molecule has 0 saturated carbocycles. The van der Waals surface area contributed by atoms with Crippen molar-refractivity contribution in [3.05, 3.63) is 119 Å². The van der Waals surface area contributed by atoms with E-state index >= 15 is 0 Å². The zero-order valence-electron chi connectivity index (χ0n) is 18.0. The summed E-state index contributed by atoms with van der Waals surface area (Å²) in [6.45, 7) is 4.07. The van der Waals surface area contributed by atoms with Gasteiger partial charge in [0.15, 0.2) is 0 Å². The van der Waals surface area contributed by atoms with Crippen molar-refractivity contribution in [3.8, 4) is 23.0 Å². The minimum absolute atomic E-state index is 0.117. The van der Waals surface area contributed by atoms with E-state index in [1.807, 2.05) is 55.5 Å². The minimum atomic E-state index is -0.117. The summed E-state index contributed by atoms with van der Waals surface area (Å²) in [5, 5.41) is 1.54. The van der Waals surface area contributed by atoms with Crippen molar-refractivity contribution in [2.75, 3.05) is 0 Å². The van der Waals surface area contributed by atoms with Crippen LogP contribution in [0.5, 0.6) is 0 Å². The van der Waals surface area contributed by atoms with Gasteiger partial charge in [0.05, 0.1) is 0 Å². The van der Waals surface area contributed by atoms with Crippen LogP contribution in [0.25, 0.3) is 21.9 Å². The van der Waals surface area contributed by atoms with Crippen molar-refractivity contribution < 1.29 is 4.39 Å². The second-order valence-corrected chi connectivity index (χ2v) is 7.78. The largest absolute Gasteiger partial charge is 0.206 e. The van der Waals surface area contributed by atoms with Gasteiger partial charge in [0.1, 0.15) is 5.82 Å². The first-order valence-corrected chi connectivity index (χ1v) is 10.7. The first-order valence-electron chi connectivity index (χ1n) is 10.7. The van der Waals surface area contributed by atoms with E-state index in [4.69, 9.17) is 0 Å². The summed E-state index contributed by atoms with van der Waals surface area (Å²) in [4.78, 5) is 0. The van der Waals surface area contributed by atoms with Gasteiger partial charge in [-0.1, -0.05) is 84.2 Å². The highest BCUT2D eigenvalue weighted by molar-refractivity contribution is 5.85. The number of halogens is 1. The molecule has 0 heterocycles. The van der Waals surface area contributed by atoms with Crippen LogP contribution in [-0.4, -0.2) is 0 Å². The van der Waals surface area contributed by atoms with Gasteiger partial charge in [-0.15, -0.1) is 0 Å². The number of hydrogen-bond acceptors (Lipinski definition) is 0. The molecule has 0 atom stereocenters. The van der Waals surface area contributed by atoms with Crippen molar-refractivity contribution in [2.24, 2.45) is 0 Å². The Kier molecular flexibility index (Phi) is 6.29. The summed E-state index contributed by atoms with van der Waals surface area (Å²) >= 11 is 0. The smallest absolute Gasteiger partial charge is 0.134 e. The van der Waals surface area contributed by atoms with Gasteiger partial charge < -0.3 is 0 Å². The number of aryl methyl sites for hydroxylation is 2. The number of rotatable bonds is 4. The summed E-state index contributed by atoms with van der Waals surface area (Å²) in [5.41, 5.74) is 6.24. The molecule has 0 aliphatic carbocycles. The Hall–Kier alpha value is -3.63. The van der Waals surface area contributed by atoms with E-state index in [1.165, 1.54) is 16.7 Å². The van der Waals surface area contributed by atoms with Gasteiger partial charge in [-0.3, -0.25) is 0 Å². The van der Waals surface area contributed by atoms with Crippen LogP contribution in [0.15, 0.2) is 91.0 Å². The third-order valence-electron chi connectivity index (χ3n) is 5.47. The number of benzene rings is 4. The minimum Gasteiger partial charge on any atom is -0.206 e. The van der Waals surface area contributed by atoms with Crippen LogP contribution in [-0.2, 0) is 6.42 Å². The molecule has 0 aliphatic heterocycles. The zero-order valence-corrected chi connectivity index (χ0v) is 18.0. The van der Waals surface area contributed by atoms with Gasteiger partial charge in [-0.25, -0.2) is 4.39 Å². The molecular weight excluding hydrogens is 379 g/mol.